The maximum Gasteiger partial charge on any atom is 0.0694 e. The summed E-state index contributed by atoms with van der Waals surface area (Å²) in [5.74, 6) is 0. The fourth-order valence-electron chi connectivity index (χ4n) is 2.15. The Morgan fingerprint density at radius 1 is 1.22 bits per heavy atom. The summed E-state index contributed by atoms with van der Waals surface area (Å²) in [7, 11) is 0. The molecule has 0 aromatic carbocycles. The normalized spacial score (nSPS) is 17.8. The van der Waals surface area contributed by atoms with E-state index in [1.54, 1.807) is 17.5 Å². The smallest absolute Gasteiger partial charge is 0.0694 e. The summed E-state index contributed by atoms with van der Waals surface area (Å²) in [4.78, 5) is 10.2. The van der Waals surface area contributed by atoms with Crippen LogP contribution >= 0.6 is 11.3 Å². The fourth-order valence-corrected chi connectivity index (χ4v) is 2.83. The van der Waals surface area contributed by atoms with Crippen molar-refractivity contribution in [3.05, 3.63) is 58.1 Å². The number of hydrogen-bond acceptors (Lipinski definition) is 3. The highest BCUT2D eigenvalue weighted by Crippen LogP contribution is 2.23. The first-order valence-electron chi connectivity index (χ1n) is 6.13. The van der Waals surface area contributed by atoms with Crippen molar-refractivity contribution in [2.24, 2.45) is 4.99 Å². The van der Waals surface area contributed by atoms with Crippen molar-refractivity contribution in [1.82, 2.24) is 4.98 Å². The molecule has 3 heterocycles. The van der Waals surface area contributed by atoms with E-state index >= 15 is 0 Å². The van der Waals surface area contributed by atoms with Gasteiger partial charge in [0.2, 0.25) is 0 Å². The van der Waals surface area contributed by atoms with Gasteiger partial charge >= 0.3 is 0 Å². The highest BCUT2D eigenvalue weighted by molar-refractivity contribution is 7.10. The monoisotopic (exact) mass is 254 g/mol. The molecule has 3 heteroatoms. The second-order valence-electron chi connectivity index (χ2n) is 4.26. The molecule has 90 valence electrons. The van der Waals surface area contributed by atoms with Crippen LogP contribution in [-0.4, -0.2) is 17.2 Å². The van der Waals surface area contributed by atoms with Gasteiger partial charge in [0.05, 0.1) is 5.71 Å². The Hall–Kier alpha value is -1.74. The molecule has 1 aliphatic rings. The molecule has 0 N–H and O–H groups in total. The average Bonchev–Trinajstić information content (AvgIpc) is 2.93. The molecule has 3 rings (SSSR count). The molecule has 0 fully saturated rings. The first kappa shape index (κ1) is 11.4. The highest BCUT2D eigenvalue weighted by atomic mass is 32.1. The Morgan fingerprint density at radius 2 is 2.22 bits per heavy atom. The fraction of sp³-hybridized carbons (Fsp3) is 0.200. The molecule has 0 amide bonds. The predicted molar refractivity (Wildman–Crippen MR) is 77.2 cm³/mol. The molecule has 0 aliphatic carbocycles. The third-order valence-corrected chi connectivity index (χ3v) is 3.79. The third-order valence-electron chi connectivity index (χ3n) is 2.97. The highest BCUT2D eigenvalue weighted by Gasteiger charge is 2.14. The van der Waals surface area contributed by atoms with Crippen LogP contribution in [0.2, 0.25) is 0 Å². The quantitative estimate of drug-likeness (QED) is 0.800. The second-order valence-corrected chi connectivity index (χ2v) is 5.24. The van der Waals surface area contributed by atoms with E-state index in [0.29, 0.717) is 0 Å². The van der Waals surface area contributed by atoms with Crippen molar-refractivity contribution in [2.75, 3.05) is 6.54 Å². The van der Waals surface area contributed by atoms with Crippen molar-refractivity contribution in [2.45, 2.75) is 12.8 Å². The van der Waals surface area contributed by atoms with Crippen LogP contribution in [0, 0.1) is 0 Å². The molecule has 1 aliphatic heterocycles. The molecular weight excluding hydrogens is 240 g/mol. The topological polar surface area (TPSA) is 25.2 Å². The number of thiophene rings is 1. The van der Waals surface area contributed by atoms with Gasteiger partial charge in [-0.2, -0.15) is 0 Å². The van der Waals surface area contributed by atoms with Crippen LogP contribution in [0.15, 0.2) is 52.6 Å². The van der Waals surface area contributed by atoms with Crippen LogP contribution < -0.4 is 0 Å². The van der Waals surface area contributed by atoms with Gasteiger partial charge in [-0.05, 0) is 48.1 Å². The van der Waals surface area contributed by atoms with Crippen LogP contribution in [0.4, 0.5) is 0 Å². The van der Waals surface area contributed by atoms with Crippen molar-refractivity contribution < 1.29 is 0 Å². The Morgan fingerprint density at radius 3 is 3.00 bits per heavy atom. The third kappa shape index (κ3) is 2.41. The van der Waals surface area contributed by atoms with E-state index in [9.17, 15) is 0 Å². The number of rotatable bonds is 2. The first-order valence-corrected chi connectivity index (χ1v) is 7.01. The number of hydrogen-bond donors (Lipinski definition) is 0. The van der Waals surface area contributed by atoms with E-state index in [0.717, 1.165) is 30.7 Å². The minimum atomic E-state index is 0.923. The van der Waals surface area contributed by atoms with Crippen molar-refractivity contribution in [3.8, 4) is 0 Å². The lowest BCUT2D eigenvalue weighted by Gasteiger charge is -2.15. The van der Waals surface area contributed by atoms with E-state index in [-0.39, 0.29) is 0 Å². The van der Waals surface area contributed by atoms with E-state index in [1.807, 2.05) is 12.3 Å². The zero-order chi connectivity index (χ0) is 12.2. The van der Waals surface area contributed by atoms with Gasteiger partial charge in [-0.25, -0.2) is 0 Å². The minimum absolute atomic E-state index is 0.923. The number of pyridine rings is 1. The van der Waals surface area contributed by atoms with Crippen LogP contribution in [0.5, 0.6) is 0 Å². The molecule has 2 aromatic heterocycles. The summed E-state index contributed by atoms with van der Waals surface area (Å²) in [5.41, 5.74) is 3.57. The molecule has 2 nitrogen and oxygen atoms in total. The Labute approximate surface area is 111 Å². The zero-order valence-electron chi connectivity index (χ0n) is 10.0. The standard InChI is InChI=1S/C15H14N2S/c1-5-13(11-16-7-1)15-12(4-2-8-17-15)10-14-6-3-9-18-14/h1,3,5-7,9-11H,2,4,8H2. The summed E-state index contributed by atoms with van der Waals surface area (Å²) in [6.07, 6.45) is 8.20. The number of aliphatic imine (C=N–C) groups is 1. The van der Waals surface area contributed by atoms with Gasteiger partial charge in [0.25, 0.3) is 0 Å². The molecule has 0 atom stereocenters. The van der Waals surface area contributed by atoms with E-state index in [1.165, 1.54) is 10.5 Å². The predicted octanol–water partition coefficient (Wildman–Crippen LogP) is 3.81. The van der Waals surface area contributed by atoms with E-state index in [2.05, 4.69) is 39.6 Å². The van der Waals surface area contributed by atoms with Gasteiger partial charge in [-0.1, -0.05) is 6.07 Å². The maximum atomic E-state index is 4.67. The molecule has 18 heavy (non-hydrogen) atoms. The SMILES string of the molecule is C(=C1CCCN=C1c1cccnc1)c1cccs1. The number of allylic oxidation sites excluding steroid dienone is 1. The van der Waals surface area contributed by atoms with Gasteiger partial charge < -0.3 is 0 Å². The van der Waals surface area contributed by atoms with Gasteiger partial charge in [-0.3, -0.25) is 9.98 Å². The number of nitrogens with zero attached hydrogens (tertiary/aromatic N) is 2. The molecular formula is C15H14N2S. The second kappa shape index (κ2) is 5.27. The van der Waals surface area contributed by atoms with Crippen LogP contribution in [-0.2, 0) is 0 Å². The van der Waals surface area contributed by atoms with Crippen LogP contribution in [0.25, 0.3) is 6.08 Å². The van der Waals surface area contributed by atoms with Gasteiger partial charge in [0.1, 0.15) is 0 Å². The molecule has 0 saturated carbocycles. The van der Waals surface area contributed by atoms with E-state index in [4.69, 9.17) is 0 Å². The Balaban J connectivity index is 1.99. The van der Waals surface area contributed by atoms with E-state index < -0.39 is 0 Å². The summed E-state index contributed by atoms with van der Waals surface area (Å²) in [5, 5.41) is 2.11. The summed E-state index contributed by atoms with van der Waals surface area (Å²) in [6, 6.07) is 8.28. The van der Waals surface area contributed by atoms with Crippen LogP contribution in [0.3, 0.4) is 0 Å². The molecule has 0 saturated heterocycles. The van der Waals surface area contributed by atoms with Gasteiger partial charge in [0.15, 0.2) is 0 Å². The maximum absolute atomic E-state index is 4.67. The van der Waals surface area contributed by atoms with Gasteiger partial charge in [-0.15, -0.1) is 11.3 Å². The summed E-state index contributed by atoms with van der Waals surface area (Å²) >= 11 is 1.77. The lowest BCUT2D eigenvalue weighted by molar-refractivity contribution is 0.818. The Kier molecular flexibility index (Phi) is 3.33. The Bertz CT molecular complexity index is 568. The summed E-state index contributed by atoms with van der Waals surface area (Å²) < 4.78 is 0. The number of aromatic nitrogens is 1. The summed E-state index contributed by atoms with van der Waals surface area (Å²) in [6.45, 7) is 0.923. The van der Waals surface area contributed by atoms with Gasteiger partial charge in [0, 0.05) is 29.4 Å². The van der Waals surface area contributed by atoms with Crippen molar-refractivity contribution in [1.29, 1.82) is 0 Å². The van der Waals surface area contributed by atoms with Crippen molar-refractivity contribution >= 4 is 23.1 Å². The molecule has 0 radical (unpaired) electrons. The van der Waals surface area contributed by atoms with Crippen LogP contribution in [0.1, 0.15) is 23.3 Å². The molecule has 0 bridgehead atoms. The van der Waals surface area contributed by atoms with Crippen molar-refractivity contribution in [3.63, 3.8) is 0 Å². The average molecular weight is 254 g/mol. The minimum Gasteiger partial charge on any atom is -0.284 e. The molecule has 2 aromatic rings. The lowest BCUT2D eigenvalue weighted by atomic mass is 9.96. The largest absolute Gasteiger partial charge is 0.284 e. The molecule has 0 spiro atoms. The lowest BCUT2D eigenvalue weighted by Crippen LogP contribution is -2.11. The zero-order valence-corrected chi connectivity index (χ0v) is 10.9. The first-order chi connectivity index (χ1) is 8.93. The molecule has 0 unspecified atom stereocenters.